The van der Waals surface area contributed by atoms with E-state index in [0.717, 1.165) is 11.1 Å². The van der Waals surface area contributed by atoms with Crippen LogP contribution in [-0.2, 0) is 7.05 Å². The Kier molecular flexibility index (Phi) is 3.23. The molecule has 0 fully saturated rings. The van der Waals surface area contributed by atoms with Gasteiger partial charge in [-0.15, -0.1) is 0 Å². The van der Waals surface area contributed by atoms with E-state index in [4.69, 9.17) is 0 Å². The molecule has 5 nitrogen and oxygen atoms in total. The maximum atomic E-state index is 10.7. The summed E-state index contributed by atoms with van der Waals surface area (Å²) in [4.78, 5) is 14.3. The molecule has 0 aliphatic rings. The van der Waals surface area contributed by atoms with E-state index >= 15 is 0 Å². The number of rotatable bonds is 3. The van der Waals surface area contributed by atoms with E-state index in [-0.39, 0.29) is 5.82 Å². The first kappa shape index (κ1) is 12.0. The second kappa shape index (κ2) is 4.83. The minimum absolute atomic E-state index is 0.0144. The van der Waals surface area contributed by atoms with Gasteiger partial charge < -0.3 is 10.1 Å². The summed E-state index contributed by atoms with van der Waals surface area (Å²) >= 11 is 0. The van der Waals surface area contributed by atoms with E-state index in [1.54, 1.807) is 13.1 Å². The molecule has 0 unspecified atom stereocenters. The SMILES string of the molecule is Cc1ccccc1/C=C/c1ncc([N+](=O)[O-])n1C. The highest BCUT2D eigenvalue weighted by atomic mass is 16.6. The van der Waals surface area contributed by atoms with E-state index in [9.17, 15) is 10.1 Å². The second-order valence-corrected chi connectivity index (χ2v) is 3.98. The van der Waals surface area contributed by atoms with E-state index in [1.807, 2.05) is 37.3 Å². The largest absolute Gasteiger partial charge is 0.358 e. The molecule has 0 radical (unpaired) electrons. The molecule has 5 heteroatoms. The maximum absolute atomic E-state index is 10.7. The molecule has 0 bridgehead atoms. The third-order valence-corrected chi connectivity index (χ3v) is 2.79. The van der Waals surface area contributed by atoms with Crippen LogP contribution in [-0.4, -0.2) is 14.5 Å². The van der Waals surface area contributed by atoms with Crippen molar-refractivity contribution < 1.29 is 4.92 Å². The van der Waals surface area contributed by atoms with Gasteiger partial charge in [-0.05, 0) is 29.0 Å². The average molecular weight is 243 g/mol. The fourth-order valence-electron chi connectivity index (χ4n) is 1.68. The van der Waals surface area contributed by atoms with E-state index in [2.05, 4.69) is 4.98 Å². The van der Waals surface area contributed by atoms with Gasteiger partial charge in [0, 0.05) is 6.08 Å². The van der Waals surface area contributed by atoms with Gasteiger partial charge >= 0.3 is 5.82 Å². The topological polar surface area (TPSA) is 61.0 Å². The standard InChI is InChI=1S/C13H13N3O2/c1-10-5-3-4-6-11(10)7-8-12-14-9-13(15(12)2)16(17)18/h3-9H,1-2H3/b8-7+. The molecule has 2 rings (SSSR count). The molecule has 0 saturated heterocycles. The number of nitrogens with zero attached hydrogens (tertiary/aromatic N) is 3. The molecule has 92 valence electrons. The molecule has 0 saturated carbocycles. The summed E-state index contributed by atoms with van der Waals surface area (Å²) in [5, 5.41) is 10.7. The Morgan fingerprint density at radius 3 is 2.67 bits per heavy atom. The molecular formula is C13H13N3O2. The molecule has 0 aliphatic carbocycles. The summed E-state index contributed by atoms with van der Waals surface area (Å²) in [6.07, 6.45) is 4.94. The zero-order valence-electron chi connectivity index (χ0n) is 10.2. The van der Waals surface area contributed by atoms with Crippen molar-refractivity contribution in [1.29, 1.82) is 0 Å². The third kappa shape index (κ3) is 2.29. The molecule has 2 aromatic rings. The lowest BCUT2D eigenvalue weighted by Crippen LogP contribution is -1.98. The van der Waals surface area contributed by atoms with Crippen molar-refractivity contribution in [2.24, 2.45) is 7.05 Å². The number of hydrogen-bond donors (Lipinski definition) is 0. The van der Waals surface area contributed by atoms with Crippen LogP contribution in [0.2, 0.25) is 0 Å². The number of nitro groups is 1. The van der Waals surface area contributed by atoms with Crippen molar-refractivity contribution in [3.05, 3.63) is 57.5 Å². The van der Waals surface area contributed by atoms with Crippen molar-refractivity contribution in [2.75, 3.05) is 0 Å². The summed E-state index contributed by atoms with van der Waals surface area (Å²) in [5.74, 6) is 0.546. The van der Waals surface area contributed by atoms with Gasteiger partial charge in [0.1, 0.15) is 6.20 Å². The fraction of sp³-hybridized carbons (Fsp3) is 0.154. The van der Waals surface area contributed by atoms with Gasteiger partial charge in [-0.3, -0.25) is 0 Å². The van der Waals surface area contributed by atoms with Crippen LogP contribution in [0.4, 0.5) is 5.82 Å². The summed E-state index contributed by atoms with van der Waals surface area (Å²) in [5.41, 5.74) is 2.22. The zero-order valence-corrected chi connectivity index (χ0v) is 10.2. The summed E-state index contributed by atoms with van der Waals surface area (Å²) in [6.45, 7) is 2.01. The molecule has 0 aliphatic heterocycles. The molecule has 18 heavy (non-hydrogen) atoms. The molecule has 0 spiro atoms. The van der Waals surface area contributed by atoms with Gasteiger partial charge in [0.25, 0.3) is 0 Å². The monoisotopic (exact) mass is 243 g/mol. The Morgan fingerprint density at radius 2 is 2.06 bits per heavy atom. The van der Waals surface area contributed by atoms with Crippen LogP contribution >= 0.6 is 0 Å². The maximum Gasteiger partial charge on any atom is 0.342 e. The Morgan fingerprint density at radius 1 is 1.33 bits per heavy atom. The highest BCUT2D eigenvalue weighted by Gasteiger charge is 2.13. The van der Waals surface area contributed by atoms with Crippen LogP contribution < -0.4 is 0 Å². The van der Waals surface area contributed by atoms with E-state index < -0.39 is 4.92 Å². The number of benzene rings is 1. The molecule has 1 aromatic heterocycles. The Hall–Kier alpha value is -2.43. The van der Waals surface area contributed by atoms with Crippen LogP contribution in [0.1, 0.15) is 17.0 Å². The van der Waals surface area contributed by atoms with Crippen LogP contribution in [0.3, 0.4) is 0 Å². The third-order valence-electron chi connectivity index (χ3n) is 2.79. The molecule has 0 N–H and O–H groups in total. The number of aromatic nitrogens is 2. The summed E-state index contributed by atoms with van der Waals surface area (Å²) < 4.78 is 1.45. The summed E-state index contributed by atoms with van der Waals surface area (Å²) in [7, 11) is 1.63. The van der Waals surface area contributed by atoms with Crippen LogP contribution in [0.5, 0.6) is 0 Å². The first-order valence-corrected chi connectivity index (χ1v) is 5.49. The molecule has 1 aromatic carbocycles. The minimum Gasteiger partial charge on any atom is -0.358 e. The fourth-order valence-corrected chi connectivity index (χ4v) is 1.68. The highest BCUT2D eigenvalue weighted by molar-refractivity contribution is 5.68. The van der Waals surface area contributed by atoms with Crippen LogP contribution in [0.25, 0.3) is 12.2 Å². The number of aryl methyl sites for hydroxylation is 1. The van der Waals surface area contributed by atoms with Crippen molar-refractivity contribution in [3.8, 4) is 0 Å². The van der Waals surface area contributed by atoms with Crippen molar-refractivity contribution in [1.82, 2.24) is 9.55 Å². The van der Waals surface area contributed by atoms with E-state index in [1.165, 1.54) is 10.8 Å². The highest BCUT2D eigenvalue weighted by Crippen LogP contribution is 2.15. The van der Waals surface area contributed by atoms with Gasteiger partial charge in [0.05, 0.1) is 7.05 Å². The smallest absolute Gasteiger partial charge is 0.342 e. The first-order chi connectivity index (χ1) is 8.59. The van der Waals surface area contributed by atoms with Crippen LogP contribution in [0.15, 0.2) is 30.5 Å². The lowest BCUT2D eigenvalue weighted by molar-refractivity contribution is -0.391. The Bertz CT molecular complexity index is 614. The predicted octanol–water partition coefficient (Wildman–Crippen LogP) is 2.81. The van der Waals surface area contributed by atoms with E-state index in [0.29, 0.717) is 5.82 Å². The van der Waals surface area contributed by atoms with Gasteiger partial charge in [0.15, 0.2) is 0 Å². The van der Waals surface area contributed by atoms with Crippen molar-refractivity contribution >= 4 is 18.0 Å². The minimum atomic E-state index is -0.446. The molecule has 0 atom stereocenters. The second-order valence-electron chi connectivity index (χ2n) is 3.98. The molecule has 0 amide bonds. The van der Waals surface area contributed by atoms with Gasteiger partial charge in [0.2, 0.25) is 5.82 Å². The first-order valence-electron chi connectivity index (χ1n) is 5.49. The number of hydrogen-bond acceptors (Lipinski definition) is 3. The zero-order chi connectivity index (χ0) is 13.1. The number of imidazole rings is 1. The van der Waals surface area contributed by atoms with Gasteiger partial charge in [-0.2, -0.15) is 0 Å². The summed E-state index contributed by atoms with van der Waals surface area (Å²) in [6, 6.07) is 7.93. The molecule has 1 heterocycles. The lowest BCUT2D eigenvalue weighted by Gasteiger charge is -1.98. The van der Waals surface area contributed by atoms with Gasteiger partial charge in [-0.1, -0.05) is 24.3 Å². The van der Waals surface area contributed by atoms with Crippen LogP contribution in [0, 0.1) is 17.0 Å². The molecular weight excluding hydrogens is 230 g/mol. The Labute approximate surface area is 105 Å². The van der Waals surface area contributed by atoms with Crippen molar-refractivity contribution in [3.63, 3.8) is 0 Å². The van der Waals surface area contributed by atoms with Gasteiger partial charge in [-0.25, -0.2) is 9.55 Å². The quantitative estimate of drug-likeness (QED) is 0.615. The Balaban J connectivity index is 2.30. The average Bonchev–Trinajstić information content (AvgIpc) is 2.70. The predicted molar refractivity (Wildman–Crippen MR) is 70.0 cm³/mol. The van der Waals surface area contributed by atoms with Crippen molar-refractivity contribution in [2.45, 2.75) is 6.92 Å². The lowest BCUT2D eigenvalue weighted by atomic mass is 10.1. The normalized spacial score (nSPS) is 11.0.